The van der Waals surface area contributed by atoms with E-state index in [1.165, 1.54) is 17.5 Å². The summed E-state index contributed by atoms with van der Waals surface area (Å²) in [7, 11) is -3.45. The summed E-state index contributed by atoms with van der Waals surface area (Å²) in [5, 5.41) is 4.47. The maximum Gasteiger partial charge on any atom is 0.243 e. The number of fused-ring (bicyclic) bond motifs is 1. The molecule has 3 heterocycles. The van der Waals surface area contributed by atoms with Gasteiger partial charge in [0, 0.05) is 50.3 Å². The third kappa shape index (κ3) is 4.15. The highest BCUT2D eigenvalue weighted by Crippen LogP contribution is 2.26. The minimum Gasteiger partial charge on any atom is -0.282 e. The van der Waals surface area contributed by atoms with Crippen molar-refractivity contribution >= 4 is 10.0 Å². The largest absolute Gasteiger partial charge is 0.282 e. The number of benzene rings is 1. The fourth-order valence-corrected chi connectivity index (χ4v) is 6.01. The fourth-order valence-electron chi connectivity index (χ4n) is 4.53. The standard InChI is InChI=1S/C23H27N5O2S/c29-31(30,22-6-5-19-3-1-2-4-21(19)17-22)27-15-13-26(14-16-27)18-28-23(9-12-25-28)20-7-10-24-11-8-20/h5-12,17H,1-4,13-16,18H2. The van der Waals surface area contributed by atoms with Crippen LogP contribution in [0.15, 0.2) is 59.9 Å². The van der Waals surface area contributed by atoms with Crippen molar-refractivity contribution < 1.29 is 8.42 Å². The predicted octanol–water partition coefficient (Wildman–Crippen LogP) is 2.79. The van der Waals surface area contributed by atoms with Crippen LogP contribution in [0.4, 0.5) is 0 Å². The predicted molar refractivity (Wildman–Crippen MR) is 119 cm³/mol. The molecule has 8 heteroatoms. The zero-order chi connectivity index (χ0) is 21.3. The highest BCUT2D eigenvalue weighted by Gasteiger charge is 2.29. The van der Waals surface area contributed by atoms with E-state index in [1.54, 1.807) is 29.0 Å². The topological polar surface area (TPSA) is 71.3 Å². The monoisotopic (exact) mass is 437 g/mol. The molecule has 3 aromatic rings. The Balaban J connectivity index is 1.25. The van der Waals surface area contributed by atoms with Crippen molar-refractivity contribution in [3.05, 3.63) is 66.1 Å². The Labute approximate surface area is 183 Å². The summed E-state index contributed by atoms with van der Waals surface area (Å²) in [6.07, 6.45) is 9.73. The highest BCUT2D eigenvalue weighted by molar-refractivity contribution is 7.89. The smallest absolute Gasteiger partial charge is 0.243 e. The molecule has 2 aromatic heterocycles. The number of piperazine rings is 1. The van der Waals surface area contributed by atoms with Crippen LogP contribution >= 0.6 is 0 Å². The number of rotatable bonds is 5. The molecule has 31 heavy (non-hydrogen) atoms. The number of aryl methyl sites for hydroxylation is 2. The van der Waals surface area contributed by atoms with Crippen molar-refractivity contribution in [2.45, 2.75) is 37.2 Å². The second-order valence-electron chi connectivity index (χ2n) is 8.25. The summed E-state index contributed by atoms with van der Waals surface area (Å²) in [5.74, 6) is 0. The summed E-state index contributed by atoms with van der Waals surface area (Å²) in [6, 6.07) is 11.6. The lowest BCUT2D eigenvalue weighted by atomic mass is 9.92. The quantitative estimate of drug-likeness (QED) is 0.614. The number of pyridine rings is 1. The molecule has 0 N–H and O–H groups in total. The van der Waals surface area contributed by atoms with E-state index in [0.29, 0.717) is 37.7 Å². The van der Waals surface area contributed by atoms with Crippen LogP contribution in [0.25, 0.3) is 11.3 Å². The molecule has 1 aliphatic carbocycles. The van der Waals surface area contributed by atoms with Gasteiger partial charge < -0.3 is 0 Å². The minimum absolute atomic E-state index is 0.439. The third-order valence-electron chi connectivity index (χ3n) is 6.32. The van der Waals surface area contributed by atoms with E-state index in [0.717, 1.165) is 30.5 Å². The Morgan fingerprint density at radius 1 is 0.839 bits per heavy atom. The van der Waals surface area contributed by atoms with Gasteiger partial charge in [-0.25, -0.2) is 8.42 Å². The molecule has 1 aromatic carbocycles. The lowest BCUT2D eigenvalue weighted by Gasteiger charge is -2.34. The van der Waals surface area contributed by atoms with Crippen LogP contribution in [0.2, 0.25) is 0 Å². The number of hydrogen-bond donors (Lipinski definition) is 0. The molecule has 1 saturated heterocycles. The average Bonchev–Trinajstić information content (AvgIpc) is 3.28. The van der Waals surface area contributed by atoms with Gasteiger partial charge in [-0.15, -0.1) is 0 Å². The number of hydrogen-bond acceptors (Lipinski definition) is 5. The van der Waals surface area contributed by atoms with E-state index in [4.69, 9.17) is 0 Å². The van der Waals surface area contributed by atoms with Crippen molar-refractivity contribution in [3.63, 3.8) is 0 Å². The van der Waals surface area contributed by atoms with Gasteiger partial charge >= 0.3 is 0 Å². The van der Waals surface area contributed by atoms with E-state index in [2.05, 4.69) is 15.0 Å². The summed E-state index contributed by atoms with van der Waals surface area (Å²) in [4.78, 5) is 6.76. The third-order valence-corrected chi connectivity index (χ3v) is 8.21. The Morgan fingerprint density at radius 2 is 1.58 bits per heavy atom. The van der Waals surface area contributed by atoms with E-state index >= 15 is 0 Å². The molecule has 7 nitrogen and oxygen atoms in total. The molecule has 0 spiro atoms. The molecular weight excluding hydrogens is 410 g/mol. The van der Waals surface area contributed by atoms with E-state index in [-0.39, 0.29) is 0 Å². The molecule has 2 aliphatic rings. The van der Waals surface area contributed by atoms with Gasteiger partial charge in [0.2, 0.25) is 10.0 Å². The molecule has 162 valence electrons. The van der Waals surface area contributed by atoms with Crippen molar-refractivity contribution in [2.24, 2.45) is 0 Å². The van der Waals surface area contributed by atoms with E-state index in [9.17, 15) is 8.42 Å². The summed E-state index contributed by atoms with van der Waals surface area (Å²) < 4.78 is 30.0. The van der Waals surface area contributed by atoms with Crippen LogP contribution < -0.4 is 0 Å². The van der Waals surface area contributed by atoms with Crippen LogP contribution in [0, 0.1) is 0 Å². The van der Waals surface area contributed by atoms with E-state index in [1.807, 2.05) is 35.0 Å². The summed E-state index contributed by atoms with van der Waals surface area (Å²) >= 11 is 0. The number of sulfonamides is 1. The second kappa shape index (κ2) is 8.53. The lowest BCUT2D eigenvalue weighted by Crippen LogP contribution is -2.49. The van der Waals surface area contributed by atoms with Gasteiger partial charge in [-0.3, -0.25) is 14.6 Å². The molecule has 0 bridgehead atoms. The normalized spacial score (nSPS) is 18.1. The second-order valence-corrected chi connectivity index (χ2v) is 10.2. The zero-order valence-corrected chi connectivity index (χ0v) is 18.3. The summed E-state index contributed by atoms with van der Waals surface area (Å²) in [6.45, 7) is 2.98. The number of nitrogens with zero attached hydrogens (tertiary/aromatic N) is 5. The maximum atomic E-state index is 13.2. The van der Waals surface area contributed by atoms with Gasteiger partial charge in [0.25, 0.3) is 0 Å². The van der Waals surface area contributed by atoms with Crippen LogP contribution in [0.1, 0.15) is 24.0 Å². The van der Waals surface area contributed by atoms with Crippen molar-refractivity contribution in [1.82, 2.24) is 24.0 Å². The van der Waals surface area contributed by atoms with E-state index < -0.39 is 10.0 Å². The van der Waals surface area contributed by atoms with Gasteiger partial charge in [0.05, 0.1) is 17.3 Å². The molecule has 5 rings (SSSR count). The van der Waals surface area contributed by atoms with Crippen molar-refractivity contribution in [3.8, 4) is 11.3 Å². The minimum atomic E-state index is -3.45. The molecule has 0 radical (unpaired) electrons. The summed E-state index contributed by atoms with van der Waals surface area (Å²) in [5.41, 5.74) is 4.61. The van der Waals surface area contributed by atoms with Gasteiger partial charge in [0.1, 0.15) is 0 Å². The van der Waals surface area contributed by atoms with Gasteiger partial charge in [-0.1, -0.05) is 6.07 Å². The first-order chi connectivity index (χ1) is 15.1. The molecule has 1 fully saturated rings. The highest BCUT2D eigenvalue weighted by atomic mass is 32.2. The lowest BCUT2D eigenvalue weighted by molar-refractivity contribution is 0.146. The molecular formula is C23H27N5O2S. The van der Waals surface area contributed by atoms with Gasteiger partial charge in [0.15, 0.2) is 0 Å². The van der Waals surface area contributed by atoms with Crippen molar-refractivity contribution in [1.29, 1.82) is 0 Å². The van der Waals surface area contributed by atoms with Crippen LogP contribution in [0.5, 0.6) is 0 Å². The zero-order valence-electron chi connectivity index (χ0n) is 17.5. The van der Waals surface area contributed by atoms with Crippen LogP contribution in [-0.4, -0.2) is 58.6 Å². The maximum absolute atomic E-state index is 13.2. The SMILES string of the molecule is O=S(=O)(c1ccc2c(c1)CCCC2)N1CCN(Cn2nccc2-c2ccncc2)CC1. The van der Waals surface area contributed by atoms with Crippen molar-refractivity contribution in [2.75, 3.05) is 26.2 Å². The molecule has 1 aliphatic heterocycles. The Bertz CT molecular complexity index is 1150. The average molecular weight is 438 g/mol. The number of aromatic nitrogens is 3. The molecule has 0 unspecified atom stereocenters. The first-order valence-corrected chi connectivity index (χ1v) is 12.3. The van der Waals surface area contributed by atoms with Crippen LogP contribution in [0.3, 0.4) is 0 Å². The Kier molecular flexibility index (Phi) is 5.60. The first-order valence-electron chi connectivity index (χ1n) is 10.9. The molecule has 0 amide bonds. The Morgan fingerprint density at radius 3 is 2.35 bits per heavy atom. The van der Waals surface area contributed by atoms with Gasteiger partial charge in [-0.2, -0.15) is 9.40 Å². The van der Waals surface area contributed by atoms with Crippen LogP contribution in [-0.2, 0) is 29.5 Å². The molecule has 0 atom stereocenters. The molecule has 0 saturated carbocycles. The fraction of sp³-hybridized carbons (Fsp3) is 0.391. The first kappa shape index (κ1) is 20.4. The van der Waals surface area contributed by atoms with Gasteiger partial charge in [-0.05, 0) is 67.1 Å². The Hall–Kier alpha value is -2.55.